The van der Waals surface area contributed by atoms with Crippen molar-refractivity contribution in [2.45, 2.75) is 64.1 Å². The Balaban J connectivity index is 1.41. The van der Waals surface area contributed by atoms with Crippen molar-refractivity contribution >= 4 is 5.91 Å². The molecular weight excluding hydrogens is 328 g/mol. The highest BCUT2D eigenvalue weighted by atomic mass is 16.5. The number of carbonyl (C=O) groups excluding carboxylic acids is 1. The standard InChI is InChI=1S/C21H30N2O3/c1-12-6-15-9-18(25-2)17(10-19(15)26-12)11-23-21(24)16-7-13-4-3-5-14(8-16)20(13)22/h9-10,12-14,16,20H,3-8,11,22H2,1-2H3,(H,23,24). The summed E-state index contributed by atoms with van der Waals surface area (Å²) in [6, 6.07) is 4.36. The van der Waals surface area contributed by atoms with E-state index in [1.54, 1.807) is 7.11 Å². The Labute approximate surface area is 155 Å². The molecule has 1 heterocycles. The quantitative estimate of drug-likeness (QED) is 0.868. The summed E-state index contributed by atoms with van der Waals surface area (Å²) in [5.41, 5.74) is 8.50. The predicted octanol–water partition coefficient (Wildman–Crippen LogP) is 2.79. The van der Waals surface area contributed by atoms with Crippen molar-refractivity contribution in [2.24, 2.45) is 23.5 Å². The molecule has 1 aromatic rings. The monoisotopic (exact) mass is 358 g/mol. The lowest BCUT2D eigenvalue weighted by atomic mass is 9.65. The van der Waals surface area contributed by atoms with Gasteiger partial charge in [0.15, 0.2) is 0 Å². The van der Waals surface area contributed by atoms with Crippen molar-refractivity contribution in [3.63, 3.8) is 0 Å². The summed E-state index contributed by atoms with van der Waals surface area (Å²) in [5.74, 6) is 3.03. The van der Waals surface area contributed by atoms with Gasteiger partial charge in [0.05, 0.1) is 7.11 Å². The van der Waals surface area contributed by atoms with E-state index < -0.39 is 0 Å². The molecule has 0 saturated heterocycles. The van der Waals surface area contributed by atoms with Gasteiger partial charge in [-0.05, 0) is 56.6 Å². The van der Waals surface area contributed by atoms with Gasteiger partial charge in [0.1, 0.15) is 17.6 Å². The number of nitrogens with two attached hydrogens (primary N) is 1. The molecule has 5 nitrogen and oxygen atoms in total. The van der Waals surface area contributed by atoms with Gasteiger partial charge in [-0.25, -0.2) is 0 Å². The van der Waals surface area contributed by atoms with Crippen LogP contribution in [0.2, 0.25) is 0 Å². The van der Waals surface area contributed by atoms with Crippen LogP contribution in [0, 0.1) is 17.8 Å². The molecule has 26 heavy (non-hydrogen) atoms. The molecule has 1 aliphatic heterocycles. The Morgan fingerprint density at radius 2 is 2.04 bits per heavy atom. The largest absolute Gasteiger partial charge is 0.496 e. The van der Waals surface area contributed by atoms with Crippen LogP contribution in [-0.4, -0.2) is 25.2 Å². The van der Waals surface area contributed by atoms with Crippen molar-refractivity contribution in [2.75, 3.05) is 7.11 Å². The van der Waals surface area contributed by atoms with Crippen LogP contribution in [0.1, 0.15) is 50.2 Å². The number of rotatable bonds is 4. The van der Waals surface area contributed by atoms with E-state index in [1.807, 2.05) is 12.1 Å². The Hall–Kier alpha value is -1.75. The van der Waals surface area contributed by atoms with E-state index in [0.29, 0.717) is 24.4 Å². The second kappa shape index (κ2) is 7.10. The summed E-state index contributed by atoms with van der Waals surface area (Å²) < 4.78 is 11.4. The van der Waals surface area contributed by atoms with Crippen LogP contribution in [0.4, 0.5) is 0 Å². The number of nitrogens with one attached hydrogen (secondary N) is 1. The van der Waals surface area contributed by atoms with Gasteiger partial charge in [-0.15, -0.1) is 0 Å². The van der Waals surface area contributed by atoms with Crippen molar-refractivity contribution in [1.29, 1.82) is 0 Å². The fraction of sp³-hybridized carbons (Fsp3) is 0.667. The molecule has 0 spiro atoms. The number of amides is 1. The zero-order valence-electron chi connectivity index (χ0n) is 15.8. The average molecular weight is 358 g/mol. The molecular formula is C21H30N2O3. The minimum atomic E-state index is 0.0989. The highest BCUT2D eigenvalue weighted by Crippen LogP contribution is 2.42. The Bertz CT molecular complexity index is 676. The highest BCUT2D eigenvalue weighted by Gasteiger charge is 2.40. The number of fused-ring (bicyclic) bond motifs is 3. The Kier molecular flexibility index (Phi) is 4.82. The van der Waals surface area contributed by atoms with Crippen LogP contribution in [-0.2, 0) is 17.8 Å². The molecule has 2 bridgehead atoms. The maximum Gasteiger partial charge on any atom is 0.223 e. The SMILES string of the molecule is COc1cc2c(cc1CNC(=O)C1CC3CCCC(C1)C3N)OC(C)C2. The number of hydrogen-bond acceptors (Lipinski definition) is 4. The minimum Gasteiger partial charge on any atom is -0.496 e. The molecule has 3 aliphatic rings. The molecule has 1 amide bonds. The molecule has 3 atom stereocenters. The molecule has 142 valence electrons. The summed E-state index contributed by atoms with van der Waals surface area (Å²) in [4.78, 5) is 12.8. The van der Waals surface area contributed by atoms with Gasteiger partial charge >= 0.3 is 0 Å². The Morgan fingerprint density at radius 3 is 2.73 bits per heavy atom. The zero-order chi connectivity index (χ0) is 18.3. The maximum atomic E-state index is 12.8. The molecule has 1 aromatic carbocycles. The summed E-state index contributed by atoms with van der Waals surface area (Å²) in [6.45, 7) is 2.55. The average Bonchev–Trinajstić information content (AvgIpc) is 2.97. The molecule has 4 rings (SSSR count). The van der Waals surface area contributed by atoms with Gasteiger partial charge in [-0.1, -0.05) is 6.42 Å². The molecule has 3 N–H and O–H groups in total. The van der Waals surface area contributed by atoms with Gasteiger partial charge in [0.25, 0.3) is 0 Å². The van der Waals surface area contributed by atoms with Crippen LogP contribution >= 0.6 is 0 Å². The van der Waals surface area contributed by atoms with Crippen LogP contribution in [0.15, 0.2) is 12.1 Å². The highest BCUT2D eigenvalue weighted by molar-refractivity contribution is 5.79. The van der Waals surface area contributed by atoms with Gasteiger partial charge in [-0.3, -0.25) is 4.79 Å². The number of ether oxygens (including phenoxy) is 2. The first kappa shape index (κ1) is 17.7. The van der Waals surface area contributed by atoms with E-state index in [0.717, 1.165) is 36.3 Å². The third kappa shape index (κ3) is 3.29. The van der Waals surface area contributed by atoms with Crippen molar-refractivity contribution in [3.8, 4) is 11.5 Å². The van der Waals surface area contributed by atoms with Crippen molar-refractivity contribution < 1.29 is 14.3 Å². The topological polar surface area (TPSA) is 73.6 Å². The van der Waals surface area contributed by atoms with Gasteiger partial charge in [0, 0.05) is 36.1 Å². The summed E-state index contributed by atoms with van der Waals surface area (Å²) >= 11 is 0. The molecule has 2 fully saturated rings. The lowest BCUT2D eigenvalue weighted by Gasteiger charge is -2.43. The molecule has 0 radical (unpaired) electrons. The predicted molar refractivity (Wildman–Crippen MR) is 100 cm³/mol. The summed E-state index contributed by atoms with van der Waals surface area (Å²) in [7, 11) is 1.68. The number of carbonyl (C=O) groups is 1. The van der Waals surface area contributed by atoms with Crippen LogP contribution in [0.25, 0.3) is 0 Å². The third-order valence-electron chi connectivity index (χ3n) is 6.54. The van der Waals surface area contributed by atoms with Crippen molar-refractivity contribution in [3.05, 3.63) is 23.3 Å². The molecule has 3 unspecified atom stereocenters. The van der Waals surface area contributed by atoms with Gasteiger partial charge in [0.2, 0.25) is 5.91 Å². The maximum absolute atomic E-state index is 12.8. The molecule has 2 aliphatic carbocycles. The number of hydrogen-bond donors (Lipinski definition) is 2. The molecule has 2 saturated carbocycles. The minimum absolute atomic E-state index is 0.0989. The molecule has 0 aromatic heterocycles. The van der Waals surface area contributed by atoms with E-state index in [2.05, 4.69) is 12.2 Å². The first-order valence-electron chi connectivity index (χ1n) is 9.95. The second-order valence-electron chi connectivity index (χ2n) is 8.32. The van der Waals surface area contributed by atoms with Gasteiger partial charge < -0.3 is 20.5 Å². The molecule has 5 heteroatoms. The van der Waals surface area contributed by atoms with Crippen molar-refractivity contribution in [1.82, 2.24) is 5.32 Å². The van der Waals surface area contributed by atoms with E-state index in [4.69, 9.17) is 15.2 Å². The van der Waals surface area contributed by atoms with E-state index >= 15 is 0 Å². The van der Waals surface area contributed by atoms with Gasteiger partial charge in [-0.2, -0.15) is 0 Å². The lowest BCUT2D eigenvalue weighted by molar-refractivity contribution is -0.128. The van der Waals surface area contributed by atoms with Crippen LogP contribution in [0.5, 0.6) is 11.5 Å². The summed E-state index contributed by atoms with van der Waals surface area (Å²) in [6.07, 6.45) is 6.60. The van der Waals surface area contributed by atoms with E-state index in [-0.39, 0.29) is 17.9 Å². The zero-order valence-corrected chi connectivity index (χ0v) is 15.8. The normalized spacial score (nSPS) is 32.5. The third-order valence-corrected chi connectivity index (χ3v) is 6.54. The lowest BCUT2D eigenvalue weighted by Crippen LogP contribution is -2.49. The van der Waals surface area contributed by atoms with Crippen LogP contribution < -0.4 is 20.5 Å². The fourth-order valence-corrected chi connectivity index (χ4v) is 5.14. The van der Waals surface area contributed by atoms with E-state index in [1.165, 1.54) is 24.8 Å². The number of methoxy groups -OCH3 is 1. The second-order valence-corrected chi connectivity index (χ2v) is 8.32. The van der Waals surface area contributed by atoms with Crippen LogP contribution in [0.3, 0.4) is 0 Å². The van der Waals surface area contributed by atoms with E-state index in [9.17, 15) is 4.79 Å². The first-order chi connectivity index (χ1) is 12.5. The first-order valence-corrected chi connectivity index (χ1v) is 9.95. The summed E-state index contributed by atoms with van der Waals surface area (Å²) in [5, 5.41) is 3.13. The Morgan fingerprint density at radius 1 is 1.31 bits per heavy atom. The fourth-order valence-electron chi connectivity index (χ4n) is 5.14. The number of benzene rings is 1. The smallest absolute Gasteiger partial charge is 0.223 e.